The van der Waals surface area contributed by atoms with Crippen molar-refractivity contribution in [3.63, 3.8) is 0 Å². The third kappa shape index (κ3) is 4.32. The molecule has 0 atom stereocenters. The maximum atomic E-state index is 6.50. The number of benzene rings is 8. The lowest BCUT2D eigenvalue weighted by atomic mass is 9.67. The molecule has 0 saturated heterocycles. The molecule has 0 N–H and O–H groups in total. The fraction of sp³-hybridized carbons (Fsp3) is 0.0192. The highest BCUT2D eigenvalue weighted by Gasteiger charge is 2.47. The van der Waals surface area contributed by atoms with E-state index in [1.54, 1.807) is 0 Å². The average molecular weight is 714 g/mol. The molecule has 4 heteroatoms. The van der Waals surface area contributed by atoms with Gasteiger partial charge in [-0.05, 0) is 79.2 Å². The summed E-state index contributed by atoms with van der Waals surface area (Å²) in [5, 5.41) is 8.38. The van der Waals surface area contributed by atoms with E-state index in [2.05, 4.69) is 176 Å². The zero-order chi connectivity index (χ0) is 36.8. The summed E-state index contributed by atoms with van der Waals surface area (Å²) in [7, 11) is 0. The van der Waals surface area contributed by atoms with Crippen molar-refractivity contribution in [1.82, 2.24) is 15.0 Å². The standard InChI is InChI=1S/C52H31N3O/c1-3-16-35(17-4-1)52(36-18-5-2-6-19-36)43-25-10-9-22-39(43)47-40(23-12-26-44(47)52)50-53-49-34-15-11-14-32(30-34)37-20-7-8-21-38(37)33-28-29-45-42(31-33)48-41(51(54-49)55-50)24-13-27-46(48)56-45/h1-31H. The molecule has 6 bridgehead atoms. The van der Waals surface area contributed by atoms with Gasteiger partial charge in [0.25, 0.3) is 0 Å². The van der Waals surface area contributed by atoms with E-state index in [0.717, 1.165) is 65.4 Å². The molecule has 3 aromatic heterocycles. The van der Waals surface area contributed by atoms with Crippen molar-refractivity contribution >= 4 is 65.6 Å². The summed E-state index contributed by atoms with van der Waals surface area (Å²) in [6, 6.07) is 67.1. The summed E-state index contributed by atoms with van der Waals surface area (Å²) in [5.74, 6) is 0.625. The molecule has 260 valence electrons. The summed E-state index contributed by atoms with van der Waals surface area (Å²) in [6.45, 7) is 0. The van der Waals surface area contributed by atoms with Crippen molar-refractivity contribution in [2.45, 2.75) is 5.41 Å². The number of hydrogen-bond acceptors (Lipinski definition) is 4. The Morgan fingerprint density at radius 3 is 1.79 bits per heavy atom. The maximum Gasteiger partial charge on any atom is 0.164 e. The van der Waals surface area contributed by atoms with E-state index < -0.39 is 5.41 Å². The van der Waals surface area contributed by atoms with E-state index in [1.807, 2.05) is 12.1 Å². The Kier molecular flexibility index (Phi) is 6.52. The first-order valence-corrected chi connectivity index (χ1v) is 19.0. The molecule has 4 nitrogen and oxygen atoms in total. The summed E-state index contributed by atoms with van der Waals surface area (Å²) in [5.41, 5.74) is 10.5. The van der Waals surface area contributed by atoms with E-state index in [9.17, 15) is 0 Å². The lowest BCUT2D eigenvalue weighted by Gasteiger charge is -2.33. The van der Waals surface area contributed by atoms with Gasteiger partial charge in [-0.25, -0.2) is 15.0 Å². The Morgan fingerprint density at radius 2 is 0.982 bits per heavy atom. The van der Waals surface area contributed by atoms with Crippen LogP contribution >= 0.6 is 0 Å². The van der Waals surface area contributed by atoms with Crippen LogP contribution in [0.1, 0.15) is 22.3 Å². The van der Waals surface area contributed by atoms with E-state index in [-0.39, 0.29) is 0 Å². The molecule has 0 unspecified atom stereocenters. The van der Waals surface area contributed by atoms with Gasteiger partial charge in [0.2, 0.25) is 0 Å². The van der Waals surface area contributed by atoms with Crippen molar-refractivity contribution in [3.8, 4) is 22.5 Å². The molecule has 1 aliphatic rings. The second kappa shape index (κ2) is 11.8. The predicted octanol–water partition coefficient (Wildman–Crippen LogP) is 13.0. The van der Waals surface area contributed by atoms with E-state index in [0.29, 0.717) is 17.1 Å². The van der Waals surface area contributed by atoms with Crippen LogP contribution in [0.2, 0.25) is 0 Å². The monoisotopic (exact) mass is 713 g/mol. The van der Waals surface area contributed by atoms with Crippen molar-refractivity contribution in [1.29, 1.82) is 0 Å². The molecule has 0 spiro atoms. The first-order chi connectivity index (χ1) is 27.8. The Morgan fingerprint density at radius 1 is 0.375 bits per heavy atom. The average Bonchev–Trinajstić information content (AvgIpc) is 3.80. The normalized spacial score (nSPS) is 13.1. The zero-order valence-corrected chi connectivity index (χ0v) is 30.1. The first kappa shape index (κ1) is 31.0. The molecule has 0 saturated carbocycles. The number of aromatic nitrogens is 3. The quantitative estimate of drug-likeness (QED) is 0.183. The SMILES string of the molecule is c1ccc(C2(c3ccccc3)c3ccccc3-c3c(-c4nc5nc(n4)c4cccc6oc7ccc(cc7c64)c4ccccc4c4cccc5c4)cccc32)cc1. The van der Waals surface area contributed by atoms with Gasteiger partial charge in [-0.1, -0.05) is 164 Å². The summed E-state index contributed by atoms with van der Waals surface area (Å²) < 4.78 is 6.50. The Balaban J connectivity index is 1.25. The van der Waals surface area contributed by atoms with Crippen LogP contribution in [0.5, 0.6) is 0 Å². The molecule has 56 heavy (non-hydrogen) atoms. The van der Waals surface area contributed by atoms with Crippen LogP contribution in [0.25, 0.3) is 88.1 Å². The lowest BCUT2D eigenvalue weighted by Crippen LogP contribution is -2.28. The molecule has 11 aromatic rings. The second-order valence-corrected chi connectivity index (χ2v) is 14.7. The summed E-state index contributed by atoms with van der Waals surface area (Å²) in [6.07, 6.45) is 0. The third-order valence-corrected chi connectivity index (χ3v) is 11.8. The van der Waals surface area contributed by atoms with E-state index >= 15 is 0 Å². The van der Waals surface area contributed by atoms with Crippen molar-refractivity contribution in [2.24, 2.45) is 0 Å². The number of nitrogens with zero attached hydrogens (tertiary/aromatic N) is 3. The second-order valence-electron chi connectivity index (χ2n) is 14.7. The highest BCUT2D eigenvalue weighted by molar-refractivity contribution is 6.19. The Hall–Kier alpha value is -7.43. The van der Waals surface area contributed by atoms with Crippen LogP contribution < -0.4 is 0 Å². The van der Waals surface area contributed by atoms with Gasteiger partial charge < -0.3 is 4.42 Å². The van der Waals surface area contributed by atoms with Crippen LogP contribution in [0.3, 0.4) is 0 Å². The molecule has 0 fully saturated rings. The van der Waals surface area contributed by atoms with Gasteiger partial charge in [0.05, 0.1) is 5.41 Å². The molecule has 12 rings (SSSR count). The fourth-order valence-corrected chi connectivity index (χ4v) is 9.42. The number of hydrogen-bond donors (Lipinski definition) is 0. The Labute approximate surface area is 322 Å². The third-order valence-electron chi connectivity index (χ3n) is 11.8. The van der Waals surface area contributed by atoms with E-state index in [4.69, 9.17) is 19.4 Å². The molecule has 0 amide bonds. The highest BCUT2D eigenvalue weighted by Crippen LogP contribution is 2.58. The van der Waals surface area contributed by atoms with Gasteiger partial charge in [0.15, 0.2) is 17.1 Å². The Bertz CT molecular complexity index is 3380. The van der Waals surface area contributed by atoms with Crippen LogP contribution in [-0.2, 0) is 5.41 Å². The summed E-state index contributed by atoms with van der Waals surface area (Å²) >= 11 is 0. The van der Waals surface area contributed by atoms with Gasteiger partial charge in [-0.2, -0.15) is 0 Å². The van der Waals surface area contributed by atoms with Gasteiger partial charge in [0.1, 0.15) is 11.2 Å². The minimum absolute atomic E-state index is 0.543. The van der Waals surface area contributed by atoms with Crippen molar-refractivity contribution < 1.29 is 4.42 Å². The largest absolute Gasteiger partial charge is 0.456 e. The smallest absolute Gasteiger partial charge is 0.164 e. The van der Waals surface area contributed by atoms with Gasteiger partial charge in [-0.3, -0.25) is 0 Å². The highest BCUT2D eigenvalue weighted by atomic mass is 16.3. The number of rotatable bonds is 3. The van der Waals surface area contributed by atoms with Crippen LogP contribution in [0, 0.1) is 0 Å². The molecule has 8 aromatic carbocycles. The number of furan rings is 1. The molecule has 1 aliphatic carbocycles. The maximum absolute atomic E-state index is 6.50. The molecular formula is C52H31N3O. The number of fused-ring (bicyclic) bond motifs is 13. The molecule has 3 heterocycles. The van der Waals surface area contributed by atoms with Crippen LogP contribution in [0.4, 0.5) is 0 Å². The van der Waals surface area contributed by atoms with Gasteiger partial charge in [-0.15, -0.1) is 0 Å². The zero-order valence-electron chi connectivity index (χ0n) is 30.1. The van der Waals surface area contributed by atoms with Crippen molar-refractivity contribution in [2.75, 3.05) is 0 Å². The fourth-order valence-electron chi connectivity index (χ4n) is 9.42. The minimum Gasteiger partial charge on any atom is -0.456 e. The van der Waals surface area contributed by atoms with Gasteiger partial charge in [0, 0.05) is 27.1 Å². The minimum atomic E-state index is -0.543. The van der Waals surface area contributed by atoms with Crippen molar-refractivity contribution in [3.05, 3.63) is 210 Å². The topological polar surface area (TPSA) is 51.8 Å². The van der Waals surface area contributed by atoms with Crippen LogP contribution in [0.15, 0.2) is 192 Å². The van der Waals surface area contributed by atoms with Crippen LogP contribution in [-0.4, -0.2) is 15.0 Å². The van der Waals surface area contributed by atoms with E-state index in [1.165, 1.54) is 27.8 Å². The molecule has 0 radical (unpaired) electrons. The summed E-state index contributed by atoms with van der Waals surface area (Å²) in [4.78, 5) is 16.1. The molecular weight excluding hydrogens is 683 g/mol. The molecule has 0 aliphatic heterocycles. The predicted molar refractivity (Wildman–Crippen MR) is 229 cm³/mol. The van der Waals surface area contributed by atoms with Gasteiger partial charge >= 0.3 is 0 Å². The lowest BCUT2D eigenvalue weighted by molar-refractivity contribution is 0.669. The first-order valence-electron chi connectivity index (χ1n) is 19.0.